The quantitative estimate of drug-likeness (QED) is 0.604. The second kappa shape index (κ2) is 9.33. The van der Waals surface area contributed by atoms with Crippen LogP contribution in [-0.4, -0.2) is 37.8 Å². The number of nitrogens with zero attached hydrogens (tertiary/aromatic N) is 4. The number of amides is 1. The normalized spacial score (nSPS) is 23.7. The summed E-state index contributed by atoms with van der Waals surface area (Å²) < 4.78 is 1.90. The number of thiophene rings is 1. The fourth-order valence-electron chi connectivity index (χ4n) is 5.31. The largest absolute Gasteiger partial charge is 0.477 e. The van der Waals surface area contributed by atoms with Crippen LogP contribution in [0.5, 0.6) is 0 Å². The van der Waals surface area contributed by atoms with E-state index in [2.05, 4.69) is 23.9 Å². The third-order valence-electron chi connectivity index (χ3n) is 7.34. The number of hydrogen-bond donors (Lipinski definition) is 1. The predicted molar refractivity (Wildman–Crippen MR) is 125 cm³/mol. The molecule has 4 rings (SSSR count). The van der Waals surface area contributed by atoms with Crippen LogP contribution in [0.15, 0.2) is 18.7 Å². The van der Waals surface area contributed by atoms with Gasteiger partial charge in [-0.1, -0.05) is 20.8 Å². The highest BCUT2D eigenvalue weighted by atomic mass is 32.1. The molecule has 2 fully saturated rings. The molecule has 8 heteroatoms. The Morgan fingerprint density at radius 1 is 1.19 bits per heavy atom. The van der Waals surface area contributed by atoms with Crippen molar-refractivity contribution in [2.45, 2.75) is 96.6 Å². The van der Waals surface area contributed by atoms with Gasteiger partial charge in [0.15, 0.2) is 0 Å². The molecule has 1 amide bonds. The minimum Gasteiger partial charge on any atom is -0.477 e. The van der Waals surface area contributed by atoms with E-state index in [-0.39, 0.29) is 18.0 Å². The van der Waals surface area contributed by atoms with Gasteiger partial charge < -0.3 is 10.0 Å². The molecule has 2 aliphatic rings. The second-order valence-electron chi connectivity index (χ2n) is 10.1. The second-order valence-corrected chi connectivity index (χ2v) is 11.1. The fourth-order valence-corrected chi connectivity index (χ4v) is 6.47. The number of carboxylic acid groups (broad SMARTS) is 1. The molecule has 0 unspecified atom stereocenters. The van der Waals surface area contributed by atoms with Gasteiger partial charge in [-0.05, 0) is 68.8 Å². The van der Waals surface area contributed by atoms with E-state index in [1.165, 1.54) is 11.3 Å². The van der Waals surface area contributed by atoms with E-state index in [4.69, 9.17) is 0 Å². The zero-order valence-electron chi connectivity index (χ0n) is 19.3. The van der Waals surface area contributed by atoms with E-state index >= 15 is 0 Å². The van der Waals surface area contributed by atoms with Crippen molar-refractivity contribution in [2.75, 3.05) is 4.90 Å². The number of carbonyl (C=O) groups is 2. The monoisotopic (exact) mass is 458 g/mol. The Morgan fingerprint density at radius 2 is 1.88 bits per heavy atom. The number of carboxylic acids is 1. The van der Waals surface area contributed by atoms with Gasteiger partial charge in [-0.3, -0.25) is 4.79 Å². The van der Waals surface area contributed by atoms with Gasteiger partial charge in [0.1, 0.15) is 17.5 Å². The predicted octanol–water partition coefficient (Wildman–Crippen LogP) is 5.65. The summed E-state index contributed by atoms with van der Waals surface area (Å²) in [6.07, 6.45) is 11.6. The van der Waals surface area contributed by atoms with Crippen molar-refractivity contribution in [1.29, 1.82) is 0 Å². The maximum absolute atomic E-state index is 13.1. The van der Waals surface area contributed by atoms with Crippen LogP contribution < -0.4 is 4.90 Å². The zero-order valence-corrected chi connectivity index (χ0v) is 20.1. The van der Waals surface area contributed by atoms with Gasteiger partial charge in [0, 0.05) is 17.3 Å². The lowest BCUT2D eigenvalue weighted by atomic mass is 9.73. The van der Waals surface area contributed by atoms with Crippen molar-refractivity contribution in [3.8, 4) is 0 Å². The van der Waals surface area contributed by atoms with E-state index in [1.807, 2.05) is 22.6 Å². The first-order valence-electron chi connectivity index (χ1n) is 11.8. The molecule has 0 spiro atoms. The summed E-state index contributed by atoms with van der Waals surface area (Å²) in [7, 11) is 0. The van der Waals surface area contributed by atoms with E-state index in [1.54, 1.807) is 12.7 Å². The van der Waals surface area contributed by atoms with Crippen LogP contribution in [0.1, 0.15) is 105 Å². The highest BCUT2D eigenvalue weighted by Gasteiger charge is 2.35. The number of anilines is 1. The molecule has 0 aromatic carbocycles. The fraction of sp³-hybridized carbons (Fsp3) is 0.667. The van der Waals surface area contributed by atoms with Gasteiger partial charge in [-0.15, -0.1) is 11.3 Å². The van der Waals surface area contributed by atoms with Crippen molar-refractivity contribution >= 4 is 28.9 Å². The topological polar surface area (TPSA) is 88.3 Å². The van der Waals surface area contributed by atoms with Crippen LogP contribution in [0.3, 0.4) is 0 Å². The first-order valence-corrected chi connectivity index (χ1v) is 12.6. The van der Waals surface area contributed by atoms with Gasteiger partial charge in [0.05, 0.1) is 11.7 Å². The van der Waals surface area contributed by atoms with Crippen molar-refractivity contribution in [3.05, 3.63) is 28.5 Å². The zero-order chi connectivity index (χ0) is 22.9. The van der Waals surface area contributed by atoms with Crippen molar-refractivity contribution in [3.63, 3.8) is 0 Å². The number of rotatable bonds is 6. The number of carbonyl (C=O) groups excluding carboxylic acids is 1. The van der Waals surface area contributed by atoms with E-state index in [0.29, 0.717) is 28.3 Å². The molecule has 2 aromatic heterocycles. The van der Waals surface area contributed by atoms with Gasteiger partial charge in [0.2, 0.25) is 5.91 Å². The summed E-state index contributed by atoms with van der Waals surface area (Å²) in [4.78, 5) is 32.6. The lowest BCUT2D eigenvalue weighted by Gasteiger charge is -2.37. The van der Waals surface area contributed by atoms with Gasteiger partial charge in [0.25, 0.3) is 0 Å². The van der Waals surface area contributed by atoms with Crippen LogP contribution in [0.4, 0.5) is 5.69 Å². The number of hydrogen-bond acceptors (Lipinski definition) is 5. The highest BCUT2D eigenvalue weighted by Crippen LogP contribution is 2.47. The van der Waals surface area contributed by atoms with Gasteiger partial charge in [-0.25, -0.2) is 14.5 Å². The van der Waals surface area contributed by atoms with E-state index in [9.17, 15) is 14.7 Å². The molecule has 0 aliphatic heterocycles. The molecule has 2 aromatic rings. The van der Waals surface area contributed by atoms with Crippen LogP contribution in [0.25, 0.3) is 0 Å². The minimum absolute atomic E-state index is 0.00540. The molecule has 7 nitrogen and oxygen atoms in total. The average Bonchev–Trinajstić information content (AvgIpc) is 3.45. The molecular weight excluding hydrogens is 424 g/mol. The Hall–Kier alpha value is -2.22. The molecule has 2 aliphatic carbocycles. The summed E-state index contributed by atoms with van der Waals surface area (Å²) in [6, 6.07) is 2.33. The Labute approximate surface area is 193 Å². The molecule has 0 radical (unpaired) electrons. The van der Waals surface area contributed by atoms with Crippen molar-refractivity contribution in [1.82, 2.24) is 14.8 Å². The summed E-state index contributed by atoms with van der Waals surface area (Å²) in [5.74, 6) is -0.537. The Morgan fingerprint density at radius 3 is 2.44 bits per heavy atom. The third-order valence-corrected chi connectivity index (χ3v) is 8.61. The highest BCUT2D eigenvalue weighted by molar-refractivity contribution is 7.14. The van der Waals surface area contributed by atoms with Crippen LogP contribution in [0.2, 0.25) is 0 Å². The average molecular weight is 459 g/mol. The Balaban J connectivity index is 1.58. The van der Waals surface area contributed by atoms with Crippen LogP contribution >= 0.6 is 11.3 Å². The number of aromatic carboxylic acids is 1. The smallest absolute Gasteiger partial charge is 0.348 e. The standard InChI is InChI=1S/C24H34N4O3S/c1-4-21(29)28(18-7-5-17(6-8-18)27-15-25-14-26-27)19-13-20(32-22(19)23(30)31)16-9-11-24(2,3)12-10-16/h13-18H,4-12H2,1-3H3,(H,30,31). The molecular formula is C24H34N4O3S. The molecule has 2 heterocycles. The van der Waals surface area contributed by atoms with Crippen molar-refractivity contribution < 1.29 is 14.7 Å². The summed E-state index contributed by atoms with van der Waals surface area (Å²) in [5.41, 5.74) is 0.970. The van der Waals surface area contributed by atoms with E-state index < -0.39 is 5.97 Å². The number of aromatic nitrogens is 3. The maximum atomic E-state index is 13.1. The maximum Gasteiger partial charge on any atom is 0.348 e. The summed E-state index contributed by atoms with van der Waals surface area (Å²) in [6.45, 7) is 6.47. The lowest BCUT2D eigenvalue weighted by Crippen LogP contribution is -2.43. The molecule has 174 valence electrons. The van der Waals surface area contributed by atoms with Gasteiger partial charge in [-0.2, -0.15) is 5.10 Å². The molecule has 2 saturated carbocycles. The summed E-state index contributed by atoms with van der Waals surface area (Å²) >= 11 is 1.38. The van der Waals surface area contributed by atoms with Crippen molar-refractivity contribution in [2.24, 2.45) is 5.41 Å². The van der Waals surface area contributed by atoms with Crippen LogP contribution in [-0.2, 0) is 4.79 Å². The van der Waals surface area contributed by atoms with Gasteiger partial charge >= 0.3 is 5.97 Å². The molecule has 0 bridgehead atoms. The lowest BCUT2D eigenvalue weighted by molar-refractivity contribution is -0.119. The first kappa shape index (κ1) is 23.0. The molecule has 0 atom stereocenters. The van der Waals surface area contributed by atoms with E-state index in [0.717, 1.165) is 56.2 Å². The first-order chi connectivity index (χ1) is 15.3. The molecule has 1 N–H and O–H groups in total. The molecule has 32 heavy (non-hydrogen) atoms. The summed E-state index contributed by atoms with van der Waals surface area (Å²) in [5, 5.41) is 14.3. The Kier molecular flexibility index (Phi) is 6.70. The third kappa shape index (κ3) is 4.75. The minimum atomic E-state index is -0.933. The SMILES string of the molecule is CCC(=O)N(c1cc(C2CCC(C)(C)CC2)sc1C(=O)O)C1CCC(n2cncn2)CC1. The molecule has 0 saturated heterocycles. The van der Waals surface area contributed by atoms with Crippen LogP contribution in [0, 0.1) is 5.41 Å². The Bertz CT molecular complexity index is 935.